The summed E-state index contributed by atoms with van der Waals surface area (Å²) >= 11 is 0. The Hall–Kier alpha value is -2.57. The van der Waals surface area contributed by atoms with Gasteiger partial charge in [-0.15, -0.1) is 0 Å². The highest BCUT2D eigenvalue weighted by Gasteiger charge is 2.70. The molecule has 3 fully saturated rings. The summed E-state index contributed by atoms with van der Waals surface area (Å²) in [7, 11) is 4.81. The van der Waals surface area contributed by atoms with Crippen LogP contribution in [-0.2, 0) is 14.4 Å². The van der Waals surface area contributed by atoms with Gasteiger partial charge < -0.3 is 14.3 Å². The number of oxime groups is 1. The van der Waals surface area contributed by atoms with E-state index in [-0.39, 0.29) is 47.5 Å². The molecule has 6 atom stereocenters. The van der Waals surface area contributed by atoms with Crippen molar-refractivity contribution in [3.63, 3.8) is 0 Å². The standard InChI is InChI=1S/C19H20N2O5/c1-21-18(22)13-10-7-11(14(13)19(21)23)17-15(10)16(20-26-17)9-6-8(24-2)4-5-12(9)25-3/h4-6,10-11,13-15,17H,7H2,1-3H3. The third-order valence-electron chi connectivity index (χ3n) is 6.59. The fourth-order valence-corrected chi connectivity index (χ4v) is 5.51. The summed E-state index contributed by atoms with van der Waals surface area (Å²) in [5, 5.41) is 4.36. The molecular formula is C19H20N2O5. The van der Waals surface area contributed by atoms with Gasteiger partial charge in [-0.25, -0.2) is 0 Å². The van der Waals surface area contributed by atoms with E-state index in [4.69, 9.17) is 14.3 Å². The van der Waals surface area contributed by atoms with Crippen LogP contribution in [0.1, 0.15) is 12.0 Å². The van der Waals surface area contributed by atoms with Crippen molar-refractivity contribution in [3.05, 3.63) is 23.8 Å². The number of hydrogen-bond acceptors (Lipinski definition) is 6. The molecule has 136 valence electrons. The maximum Gasteiger partial charge on any atom is 0.233 e. The van der Waals surface area contributed by atoms with Crippen LogP contribution < -0.4 is 9.47 Å². The van der Waals surface area contributed by atoms with Crippen LogP contribution in [0.5, 0.6) is 11.5 Å². The summed E-state index contributed by atoms with van der Waals surface area (Å²) in [6.45, 7) is 0. The lowest BCUT2D eigenvalue weighted by Gasteiger charge is -2.30. The number of carbonyl (C=O) groups is 2. The Morgan fingerprint density at radius 3 is 2.50 bits per heavy atom. The molecule has 7 heteroatoms. The molecule has 26 heavy (non-hydrogen) atoms. The predicted molar refractivity (Wildman–Crippen MR) is 90.8 cm³/mol. The van der Waals surface area contributed by atoms with Crippen LogP contribution in [0.2, 0.25) is 0 Å². The third-order valence-corrected chi connectivity index (χ3v) is 6.59. The number of imide groups is 1. The van der Waals surface area contributed by atoms with Gasteiger partial charge in [-0.2, -0.15) is 0 Å². The Morgan fingerprint density at radius 1 is 1.08 bits per heavy atom. The minimum Gasteiger partial charge on any atom is -0.497 e. The smallest absolute Gasteiger partial charge is 0.233 e. The number of fused-ring (bicyclic) bond motifs is 8. The second kappa shape index (κ2) is 5.22. The monoisotopic (exact) mass is 356 g/mol. The van der Waals surface area contributed by atoms with Crippen molar-refractivity contribution in [3.8, 4) is 11.5 Å². The first-order chi connectivity index (χ1) is 12.6. The lowest BCUT2D eigenvalue weighted by Crippen LogP contribution is -2.41. The zero-order valence-electron chi connectivity index (χ0n) is 14.8. The number of amides is 2. The minimum absolute atomic E-state index is 0.00510. The molecule has 2 bridgehead atoms. The van der Waals surface area contributed by atoms with Crippen LogP contribution in [0.15, 0.2) is 23.4 Å². The molecular weight excluding hydrogens is 336 g/mol. The summed E-state index contributed by atoms with van der Waals surface area (Å²) in [5.74, 6) is 0.909. The zero-order chi connectivity index (χ0) is 18.2. The summed E-state index contributed by atoms with van der Waals surface area (Å²) in [6.07, 6.45) is 0.691. The van der Waals surface area contributed by atoms with Crippen molar-refractivity contribution in [1.82, 2.24) is 4.90 Å². The number of rotatable bonds is 3. The third kappa shape index (κ3) is 1.75. The maximum atomic E-state index is 12.6. The van der Waals surface area contributed by atoms with Crippen LogP contribution in [0.3, 0.4) is 0 Å². The van der Waals surface area contributed by atoms with Gasteiger partial charge in [-0.05, 0) is 30.5 Å². The largest absolute Gasteiger partial charge is 0.497 e. The molecule has 5 rings (SSSR count). The van der Waals surface area contributed by atoms with E-state index < -0.39 is 0 Å². The highest BCUT2D eigenvalue weighted by Crippen LogP contribution is 2.61. The fourth-order valence-electron chi connectivity index (χ4n) is 5.51. The van der Waals surface area contributed by atoms with Gasteiger partial charge in [0, 0.05) is 24.4 Å². The SMILES string of the molecule is COc1ccc(OC)c(C2=NOC3C4CC(C23)C2C(=O)N(C)C(=O)C42)c1. The van der Waals surface area contributed by atoms with E-state index in [0.717, 1.165) is 17.7 Å². The molecule has 2 aliphatic carbocycles. The van der Waals surface area contributed by atoms with Gasteiger partial charge in [0.05, 0.1) is 31.8 Å². The second-order valence-electron chi connectivity index (χ2n) is 7.49. The number of likely N-dealkylation sites (tertiary alicyclic amines) is 1. The first kappa shape index (κ1) is 15.7. The second-order valence-corrected chi connectivity index (χ2v) is 7.49. The van der Waals surface area contributed by atoms with Crippen LogP contribution in [-0.4, -0.2) is 49.8 Å². The van der Waals surface area contributed by atoms with Crippen molar-refractivity contribution >= 4 is 17.5 Å². The zero-order valence-corrected chi connectivity index (χ0v) is 14.8. The van der Waals surface area contributed by atoms with Crippen LogP contribution in [0, 0.1) is 29.6 Å². The van der Waals surface area contributed by atoms with Gasteiger partial charge in [-0.3, -0.25) is 14.5 Å². The molecule has 7 nitrogen and oxygen atoms in total. The molecule has 0 spiro atoms. The number of hydrogen-bond donors (Lipinski definition) is 0. The van der Waals surface area contributed by atoms with E-state index in [1.807, 2.05) is 18.2 Å². The van der Waals surface area contributed by atoms with Crippen LogP contribution in [0.4, 0.5) is 0 Å². The molecule has 4 aliphatic rings. The summed E-state index contributed by atoms with van der Waals surface area (Å²) in [4.78, 5) is 32.2. The lowest BCUT2D eigenvalue weighted by molar-refractivity contribution is -0.139. The molecule has 0 radical (unpaired) electrons. The van der Waals surface area contributed by atoms with E-state index in [2.05, 4.69) is 5.16 Å². The first-order valence-corrected chi connectivity index (χ1v) is 8.84. The van der Waals surface area contributed by atoms with Crippen LogP contribution in [0.25, 0.3) is 0 Å². The van der Waals surface area contributed by atoms with Gasteiger partial charge in [0.25, 0.3) is 0 Å². The minimum atomic E-state index is -0.250. The molecule has 0 N–H and O–H groups in total. The predicted octanol–water partition coefficient (Wildman–Crippen LogP) is 1.30. The van der Waals surface area contributed by atoms with E-state index in [1.54, 1.807) is 21.3 Å². The fraction of sp³-hybridized carbons (Fsp3) is 0.526. The van der Waals surface area contributed by atoms with Crippen molar-refractivity contribution in [2.24, 2.45) is 34.7 Å². The Labute approximate surface area is 150 Å². The topological polar surface area (TPSA) is 77.4 Å². The molecule has 1 aromatic carbocycles. The summed E-state index contributed by atoms with van der Waals surface area (Å²) in [5.41, 5.74) is 1.63. The van der Waals surface area contributed by atoms with Gasteiger partial charge >= 0.3 is 0 Å². The Bertz CT molecular complexity index is 850. The maximum absolute atomic E-state index is 12.6. The molecule has 1 aromatic rings. The number of carbonyl (C=O) groups excluding carboxylic acids is 2. The van der Waals surface area contributed by atoms with E-state index >= 15 is 0 Å². The van der Waals surface area contributed by atoms with Crippen molar-refractivity contribution < 1.29 is 23.9 Å². The highest BCUT2D eigenvalue weighted by atomic mass is 16.6. The number of benzene rings is 1. The number of ether oxygens (including phenoxy) is 2. The summed E-state index contributed by atoms with van der Waals surface area (Å²) < 4.78 is 10.9. The average Bonchev–Trinajstić information content (AvgIpc) is 3.39. The molecule has 6 unspecified atom stereocenters. The molecule has 2 saturated carbocycles. The van der Waals surface area contributed by atoms with Crippen molar-refractivity contribution in [2.45, 2.75) is 12.5 Å². The molecule has 1 saturated heterocycles. The molecule has 0 aromatic heterocycles. The number of methoxy groups -OCH3 is 2. The Kier molecular flexibility index (Phi) is 3.14. The normalized spacial score (nSPS) is 36.7. The highest BCUT2D eigenvalue weighted by molar-refractivity contribution is 6.09. The van der Waals surface area contributed by atoms with Crippen molar-refractivity contribution in [1.29, 1.82) is 0 Å². The van der Waals surface area contributed by atoms with Gasteiger partial charge in [-0.1, -0.05) is 5.16 Å². The van der Waals surface area contributed by atoms with Gasteiger partial charge in [0.1, 0.15) is 17.6 Å². The van der Waals surface area contributed by atoms with Gasteiger partial charge in [0.15, 0.2) is 0 Å². The lowest BCUT2D eigenvalue weighted by atomic mass is 9.71. The van der Waals surface area contributed by atoms with Crippen molar-refractivity contribution in [2.75, 3.05) is 21.3 Å². The van der Waals surface area contributed by atoms with Crippen LogP contribution >= 0.6 is 0 Å². The molecule has 2 aliphatic heterocycles. The number of nitrogens with zero attached hydrogens (tertiary/aromatic N) is 2. The summed E-state index contributed by atoms with van der Waals surface area (Å²) in [6, 6.07) is 5.57. The quantitative estimate of drug-likeness (QED) is 0.763. The molecule has 2 amide bonds. The first-order valence-electron chi connectivity index (χ1n) is 8.84. The van der Waals surface area contributed by atoms with E-state index in [0.29, 0.717) is 11.5 Å². The molecule has 2 heterocycles. The van der Waals surface area contributed by atoms with E-state index in [1.165, 1.54) is 4.90 Å². The average molecular weight is 356 g/mol. The van der Waals surface area contributed by atoms with Gasteiger partial charge in [0.2, 0.25) is 11.8 Å². The Balaban J connectivity index is 1.55. The Morgan fingerprint density at radius 2 is 1.81 bits per heavy atom. The van der Waals surface area contributed by atoms with E-state index in [9.17, 15) is 9.59 Å².